The molecule has 1 aliphatic carbocycles. The highest BCUT2D eigenvalue weighted by Gasteiger charge is 2.49. The number of nitrogens with zero attached hydrogens (tertiary/aromatic N) is 1. The minimum absolute atomic E-state index is 0.0135. The van der Waals surface area contributed by atoms with Crippen LogP contribution in [0.4, 0.5) is 0 Å². The van der Waals surface area contributed by atoms with Crippen LogP contribution in [0.2, 0.25) is 0 Å². The molecule has 0 aromatic heterocycles. The molecule has 1 aromatic carbocycles. The lowest BCUT2D eigenvalue weighted by Crippen LogP contribution is -2.53. The minimum atomic E-state index is -0.946. The van der Waals surface area contributed by atoms with Gasteiger partial charge >= 0.3 is 0 Å². The van der Waals surface area contributed by atoms with Crippen LogP contribution in [0.3, 0.4) is 0 Å². The predicted octanol–water partition coefficient (Wildman–Crippen LogP) is 4.94. The molecule has 0 unspecified atom stereocenters. The summed E-state index contributed by atoms with van der Waals surface area (Å²) >= 11 is 0. The third kappa shape index (κ3) is 3.74. The van der Waals surface area contributed by atoms with Gasteiger partial charge in [0.1, 0.15) is 0 Å². The van der Waals surface area contributed by atoms with Crippen LogP contribution in [0.25, 0.3) is 0 Å². The van der Waals surface area contributed by atoms with E-state index in [1.165, 1.54) is 19.3 Å². The van der Waals surface area contributed by atoms with E-state index in [2.05, 4.69) is 18.7 Å². The van der Waals surface area contributed by atoms with Crippen LogP contribution in [-0.4, -0.2) is 22.5 Å². The zero-order valence-electron chi connectivity index (χ0n) is 15.3. The second kappa shape index (κ2) is 7.61. The number of hydrogen-bond donors (Lipinski definition) is 0. The van der Waals surface area contributed by atoms with E-state index in [1.54, 1.807) is 0 Å². The Labute approximate surface area is 150 Å². The molecule has 0 amide bonds. The van der Waals surface area contributed by atoms with E-state index in [1.807, 2.05) is 38.1 Å². The zero-order valence-corrected chi connectivity index (χ0v) is 15.3. The molecule has 1 aromatic rings. The molecule has 4 nitrogen and oxygen atoms in total. The van der Waals surface area contributed by atoms with Crippen LogP contribution in [0.1, 0.15) is 63.9 Å². The van der Waals surface area contributed by atoms with Gasteiger partial charge in [0.15, 0.2) is 5.79 Å². The van der Waals surface area contributed by atoms with Crippen molar-refractivity contribution in [3.05, 3.63) is 53.8 Å². The van der Waals surface area contributed by atoms with Crippen molar-refractivity contribution in [3.8, 4) is 0 Å². The maximum absolute atomic E-state index is 12.5. The first-order valence-electron chi connectivity index (χ1n) is 9.38. The molecule has 0 radical (unpaired) electrons. The number of ether oxygens (including phenoxy) is 1. The summed E-state index contributed by atoms with van der Waals surface area (Å²) in [4.78, 5) is 6.44. The van der Waals surface area contributed by atoms with Gasteiger partial charge in [-0.2, -0.15) is 0 Å². The number of benzene rings is 1. The fourth-order valence-corrected chi connectivity index (χ4v) is 4.30. The summed E-state index contributed by atoms with van der Waals surface area (Å²) in [6.07, 6.45) is 8.50. The lowest BCUT2D eigenvalue weighted by molar-refractivity contribution is -0.793. The van der Waals surface area contributed by atoms with Crippen molar-refractivity contribution in [1.82, 2.24) is 0 Å². The molecule has 0 saturated heterocycles. The standard InChI is InChI=1S/C21H29NO3/c1-4-11-19-20(17-12-7-5-8-13-17)16(2)22(23)25-21(19,3)24-18-14-9-6-10-15-18/h4-5,7-8,12-13,18-20H,1,6,9-11,14-15H2,2-3H3/t19-,20+,21-/m0/s1. The van der Waals surface area contributed by atoms with Gasteiger partial charge < -0.3 is 9.57 Å². The number of hydrogen-bond acceptors (Lipinski definition) is 3. The molecule has 1 saturated carbocycles. The van der Waals surface area contributed by atoms with Gasteiger partial charge in [-0.1, -0.05) is 55.7 Å². The van der Waals surface area contributed by atoms with Gasteiger partial charge in [0.05, 0.1) is 12.0 Å². The van der Waals surface area contributed by atoms with Gasteiger partial charge in [0.2, 0.25) is 5.71 Å². The lowest BCUT2D eigenvalue weighted by Gasteiger charge is -2.47. The predicted molar refractivity (Wildman–Crippen MR) is 99.2 cm³/mol. The summed E-state index contributed by atoms with van der Waals surface area (Å²) in [5.74, 6) is -0.976. The van der Waals surface area contributed by atoms with Crippen molar-refractivity contribution in [1.29, 1.82) is 0 Å². The van der Waals surface area contributed by atoms with Gasteiger partial charge in [-0.15, -0.1) is 6.58 Å². The van der Waals surface area contributed by atoms with Crippen LogP contribution < -0.4 is 0 Å². The highest BCUT2D eigenvalue weighted by atomic mass is 16.9. The van der Waals surface area contributed by atoms with Gasteiger partial charge in [-0.3, -0.25) is 5.21 Å². The Morgan fingerprint density at radius 1 is 1.28 bits per heavy atom. The molecule has 136 valence electrons. The van der Waals surface area contributed by atoms with E-state index >= 15 is 0 Å². The number of rotatable bonds is 5. The van der Waals surface area contributed by atoms with Crippen LogP contribution >= 0.6 is 0 Å². The van der Waals surface area contributed by atoms with E-state index in [0.29, 0.717) is 10.6 Å². The van der Waals surface area contributed by atoms with Gasteiger partial charge in [0, 0.05) is 17.7 Å². The van der Waals surface area contributed by atoms with Crippen molar-refractivity contribution in [2.45, 2.75) is 70.2 Å². The van der Waals surface area contributed by atoms with Crippen LogP contribution in [0.5, 0.6) is 0 Å². The molecule has 0 spiro atoms. The molecule has 3 rings (SSSR count). The minimum Gasteiger partial charge on any atom is -0.369 e. The summed E-state index contributed by atoms with van der Waals surface area (Å²) in [5, 5.41) is 12.5. The molecule has 1 heterocycles. The Hall–Kier alpha value is -1.81. The first-order chi connectivity index (χ1) is 12.0. The maximum Gasteiger partial charge on any atom is 0.226 e. The first-order valence-corrected chi connectivity index (χ1v) is 9.38. The van der Waals surface area contributed by atoms with Gasteiger partial charge in [-0.05, 0) is 31.7 Å². The average molecular weight is 343 g/mol. The highest BCUT2D eigenvalue weighted by molar-refractivity contribution is 5.85. The second-order valence-electron chi connectivity index (χ2n) is 7.40. The molecule has 2 aliphatic rings. The number of allylic oxidation sites excluding steroid dienone is 1. The molecule has 0 bridgehead atoms. The molecule has 4 heteroatoms. The summed E-state index contributed by atoms with van der Waals surface area (Å²) in [7, 11) is 0. The van der Waals surface area contributed by atoms with Crippen molar-refractivity contribution in [2.75, 3.05) is 0 Å². The Morgan fingerprint density at radius 3 is 2.60 bits per heavy atom. The monoisotopic (exact) mass is 343 g/mol. The van der Waals surface area contributed by atoms with Crippen LogP contribution in [-0.2, 0) is 9.57 Å². The summed E-state index contributed by atoms with van der Waals surface area (Å²) in [6.45, 7) is 7.70. The van der Waals surface area contributed by atoms with E-state index in [4.69, 9.17) is 9.57 Å². The Morgan fingerprint density at radius 2 is 1.96 bits per heavy atom. The van der Waals surface area contributed by atoms with Crippen molar-refractivity contribution in [2.24, 2.45) is 5.92 Å². The lowest BCUT2D eigenvalue weighted by atomic mass is 9.75. The second-order valence-corrected chi connectivity index (χ2v) is 7.40. The van der Waals surface area contributed by atoms with E-state index in [9.17, 15) is 5.21 Å². The topological polar surface area (TPSA) is 44.5 Å². The van der Waals surface area contributed by atoms with Gasteiger partial charge in [0.25, 0.3) is 0 Å². The molecule has 0 N–H and O–H groups in total. The average Bonchev–Trinajstić information content (AvgIpc) is 2.62. The fraction of sp³-hybridized carbons (Fsp3) is 0.571. The van der Waals surface area contributed by atoms with Crippen molar-refractivity contribution >= 4 is 5.71 Å². The van der Waals surface area contributed by atoms with Crippen LogP contribution in [0, 0.1) is 11.1 Å². The normalized spacial score (nSPS) is 30.8. The molecular weight excluding hydrogens is 314 g/mol. The summed E-state index contributed by atoms with van der Waals surface area (Å²) < 4.78 is 6.43. The Balaban J connectivity index is 1.95. The van der Waals surface area contributed by atoms with Crippen LogP contribution in [0.15, 0.2) is 43.0 Å². The molecular formula is C21H29NO3. The molecule has 3 atom stereocenters. The maximum atomic E-state index is 12.5. The molecule has 1 fully saturated rings. The van der Waals surface area contributed by atoms with Gasteiger partial charge in [-0.25, -0.2) is 0 Å². The van der Waals surface area contributed by atoms with Crippen molar-refractivity contribution < 1.29 is 14.5 Å². The largest absolute Gasteiger partial charge is 0.369 e. The Kier molecular flexibility index (Phi) is 5.48. The molecule has 25 heavy (non-hydrogen) atoms. The zero-order chi connectivity index (χ0) is 17.9. The third-order valence-corrected chi connectivity index (χ3v) is 5.61. The third-order valence-electron chi connectivity index (χ3n) is 5.61. The first kappa shape index (κ1) is 18.0. The fourth-order valence-electron chi connectivity index (χ4n) is 4.30. The SMILES string of the molecule is C=CC[C@H]1[C@@H](c2ccccc2)C(C)=[N+]([O-])O[C@]1(C)OC1CCCCC1. The van der Waals surface area contributed by atoms with E-state index in [-0.39, 0.29) is 17.9 Å². The summed E-state index contributed by atoms with van der Waals surface area (Å²) in [6, 6.07) is 10.2. The van der Waals surface area contributed by atoms with E-state index < -0.39 is 5.79 Å². The van der Waals surface area contributed by atoms with Crippen molar-refractivity contribution in [3.63, 3.8) is 0 Å². The van der Waals surface area contributed by atoms with E-state index in [0.717, 1.165) is 24.8 Å². The smallest absolute Gasteiger partial charge is 0.226 e. The highest BCUT2D eigenvalue weighted by Crippen LogP contribution is 2.44. The molecule has 1 aliphatic heterocycles. The quantitative estimate of drug-likeness (QED) is 0.561. The summed E-state index contributed by atoms with van der Waals surface area (Å²) in [5.41, 5.74) is 1.79. The Bertz CT molecular complexity index is 621.